The lowest BCUT2D eigenvalue weighted by molar-refractivity contribution is -0.124. The van der Waals surface area contributed by atoms with Gasteiger partial charge in [0.25, 0.3) is 5.91 Å². The minimum atomic E-state index is -0.0168. The van der Waals surface area contributed by atoms with Crippen molar-refractivity contribution in [2.24, 2.45) is 11.7 Å². The first-order valence-electron chi connectivity index (χ1n) is 7.35. The molecule has 1 saturated heterocycles. The molecule has 0 bridgehead atoms. The highest BCUT2D eigenvalue weighted by molar-refractivity contribution is 5.93. The third-order valence-corrected chi connectivity index (χ3v) is 1.94. The van der Waals surface area contributed by atoms with Crippen molar-refractivity contribution in [3.8, 4) is 11.8 Å². The van der Waals surface area contributed by atoms with E-state index in [0.29, 0.717) is 5.92 Å². The highest BCUT2D eigenvalue weighted by atomic mass is 16.4. The number of carbonyl (C=O) groups excluding carboxylic acids is 1. The summed E-state index contributed by atoms with van der Waals surface area (Å²) in [5, 5.41) is 0. The lowest BCUT2D eigenvalue weighted by Gasteiger charge is -2.10. The van der Waals surface area contributed by atoms with Crippen molar-refractivity contribution in [1.82, 2.24) is 4.90 Å². The van der Waals surface area contributed by atoms with Gasteiger partial charge in [0.2, 0.25) is 0 Å². The maximum absolute atomic E-state index is 11.1. The van der Waals surface area contributed by atoms with E-state index >= 15 is 0 Å². The molecule has 1 atom stereocenters. The van der Waals surface area contributed by atoms with Crippen molar-refractivity contribution in [3.05, 3.63) is 0 Å². The minimum absolute atomic E-state index is 0.0168. The average molecular weight is 288 g/mol. The van der Waals surface area contributed by atoms with E-state index in [9.17, 15) is 4.79 Å². The summed E-state index contributed by atoms with van der Waals surface area (Å²) in [6, 6.07) is 0. The Bertz CT molecular complexity index is 232. The number of carbonyl (C=O) groups is 1. The van der Waals surface area contributed by atoms with Crippen LogP contribution in [0.5, 0.6) is 0 Å². The van der Waals surface area contributed by atoms with Crippen molar-refractivity contribution >= 4 is 5.91 Å². The standard InChI is InChI=1S/C9H13NO.C2H6O.2C2H6.CH5N/c1-3-4-9(11)10-6-5-8(2)7-10;1-3-2;3*1-2/h8H,5-7H2,1-2H3;1-2H3;2*1-2H3;2H2,1H3. The topological polar surface area (TPSA) is 55.6 Å². The summed E-state index contributed by atoms with van der Waals surface area (Å²) in [6.45, 7) is 13.6. The molecule has 0 spiro atoms. The Kier molecular flexibility index (Phi) is 36.2. The molecule has 1 amide bonds. The van der Waals surface area contributed by atoms with E-state index in [4.69, 9.17) is 0 Å². The zero-order chi connectivity index (χ0) is 17.0. The molecule has 4 nitrogen and oxygen atoms in total. The van der Waals surface area contributed by atoms with Gasteiger partial charge in [-0.05, 0) is 32.2 Å². The maximum atomic E-state index is 11.1. The van der Waals surface area contributed by atoms with Crippen LogP contribution in [0.15, 0.2) is 0 Å². The first kappa shape index (κ1) is 27.3. The Morgan fingerprint density at radius 3 is 1.85 bits per heavy atom. The van der Waals surface area contributed by atoms with E-state index in [2.05, 4.69) is 29.2 Å². The number of hydrogen-bond acceptors (Lipinski definition) is 3. The zero-order valence-electron chi connectivity index (χ0n) is 15.0. The predicted molar refractivity (Wildman–Crippen MR) is 89.6 cm³/mol. The van der Waals surface area contributed by atoms with Crippen molar-refractivity contribution < 1.29 is 9.53 Å². The molecule has 2 N–H and O–H groups in total. The molecule has 0 aromatic heterocycles. The second kappa shape index (κ2) is 26.5. The second-order valence-corrected chi connectivity index (χ2v) is 3.43. The van der Waals surface area contributed by atoms with E-state index in [0.717, 1.165) is 19.5 Å². The monoisotopic (exact) mass is 288 g/mol. The summed E-state index contributed by atoms with van der Waals surface area (Å²) in [7, 11) is 4.75. The van der Waals surface area contributed by atoms with Crippen molar-refractivity contribution in [2.45, 2.75) is 48.0 Å². The van der Waals surface area contributed by atoms with Crippen LogP contribution in [0.4, 0.5) is 0 Å². The Labute approximate surface area is 127 Å². The molecule has 20 heavy (non-hydrogen) atoms. The average Bonchev–Trinajstić information content (AvgIpc) is 2.93. The van der Waals surface area contributed by atoms with Crippen LogP contribution in [0.2, 0.25) is 0 Å². The number of rotatable bonds is 0. The molecule has 1 aliphatic rings. The van der Waals surface area contributed by atoms with Gasteiger partial charge >= 0.3 is 0 Å². The molecule has 0 aliphatic carbocycles. The maximum Gasteiger partial charge on any atom is 0.298 e. The van der Waals surface area contributed by atoms with Gasteiger partial charge in [0.15, 0.2) is 0 Å². The summed E-state index contributed by atoms with van der Waals surface area (Å²) >= 11 is 0. The van der Waals surface area contributed by atoms with E-state index in [-0.39, 0.29) is 5.91 Å². The number of ether oxygens (including phenoxy) is 1. The number of nitrogens with two attached hydrogens (primary N) is 1. The third-order valence-electron chi connectivity index (χ3n) is 1.94. The van der Waals surface area contributed by atoms with Gasteiger partial charge < -0.3 is 15.4 Å². The Morgan fingerprint density at radius 1 is 1.20 bits per heavy atom. The molecule has 0 aromatic carbocycles. The smallest absolute Gasteiger partial charge is 0.298 e. The summed E-state index contributed by atoms with van der Waals surface area (Å²) in [5.41, 5.74) is 4.50. The fraction of sp³-hybridized carbons (Fsp3) is 0.812. The molecule has 1 aliphatic heterocycles. The number of amides is 1. The molecule has 1 heterocycles. The summed E-state index contributed by atoms with van der Waals surface area (Å²) < 4.78 is 4.25. The highest BCUT2D eigenvalue weighted by Gasteiger charge is 2.21. The SMILES string of the molecule is CC.CC.CC#CC(=O)N1CCC(C)C1.CN.COC. The van der Waals surface area contributed by atoms with Gasteiger partial charge in [-0.3, -0.25) is 4.79 Å². The summed E-state index contributed by atoms with van der Waals surface area (Å²) in [6.07, 6.45) is 1.12. The van der Waals surface area contributed by atoms with Gasteiger partial charge in [0.05, 0.1) is 0 Å². The number of methoxy groups -OCH3 is 1. The summed E-state index contributed by atoms with van der Waals surface area (Å²) in [5.74, 6) is 5.80. The normalized spacial score (nSPS) is 14.3. The molecular weight excluding hydrogens is 252 g/mol. The second-order valence-electron chi connectivity index (χ2n) is 3.43. The van der Waals surface area contributed by atoms with Crippen LogP contribution >= 0.6 is 0 Å². The van der Waals surface area contributed by atoms with Gasteiger partial charge in [-0.2, -0.15) is 0 Å². The highest BCUT2D eigenvalue weighted by Crippen LogP contribution is 2.14. The first-order chi connectivity index (χ1) is 9.65. The van der Waals surface area contributed by atoms with Gasteiger partial charge in [-0.25, -0.2) is 0 Å². The molecular formula is C16H36N2O2. The molecule has 4 heteroatoms. The fourth-order valence-electron chi connectivity index (χ4n) is 1.31. The molecule has 0 saturated carbocycles. The fourth-order valence-corrected chi connectivity index (χ4v) is 1.31. The molecule has 0 aromatic rings. The van der Waals surface area contributed by atoms with Crippen LogP contribution in [0, 0.1) is 17.8 Å². The van der Waals surface area contributed by atoms with Gasteiger partial charge in [0, 0.05) is 27.3 Å². The van der Waals surface area contributed by atoms with Crippen molar-refractivity contribution in [1.29, 1.82) is 0 Å². The van der Waals surface area contributed by atoms with Gasteiger partial charge in [-0.15, -0.1) is 0 Å². The van der Waals surface area contributed by atoms with E-state index < -0.39 is 0 Å². The first-order valence-corrected chi connectivity index (χ1v) is 7.35. The van der Waals surface area contributed by atoms with Crippen LogP contribution in [0.3, 0.4) is 0 Å². The van der Waals surface area contributed by atoms with Crippen LogP contribution < -0.4 is 5.73 Å². The lowest BCUT2D eigenvalue weighted by Crippen LogP contribution is -2.26. The minimum Gasteiger partial charge on any atom is -0.388 e. The van der Waals surface area contributed by atoms with E-state index in [1.54, 1.807) is 21.1 Å². The van der Waals surface area contributed by atoms with Crippen molar-refractivity contribution in [2.75, 3.05) is 34.4 Å². The van der Waals surface area contributed by atoms with E-state index in [1.165, 1.54) is 7.05 Å². The lowest BCUT2D eigenvalue weighted by atomic mass is 10.2. The Balaban J connectivity index is -0.000000121. The quantitative estimate of drug-likeness (QED) is 0.697. The molecule has 122 valence electrons. The third kappa shape index (κ3) is 19.3. The van der Waals surface area contributed by atoms with Crippen LogP contribution in [0.1, 0.15) is 48.0 Å². The largest absolute Gasteiger partial charge is 0.388 e. The Morgan fingerprint density at radius 2 is 1.60 bits per heavy atom. The molecule has 1 rings (SSSR count). The number of hydrogen-bond donors (Lipinski definition) is 1. The van der Waals surface area contributed by atoms with Gasteiger partial charge in [-0.1, -0.05) is 40.5 Å². The van der Waals surface area contributed by atoms with Gasteiger partial charge in [0.1, 0.15) is 0 Å². The number of nitrogens with zero attached hydrogens (tertiary/aromatic N) is 1. The van der Waals surface area contributed by atoms with E-state index in [1.807, 2.05) is 32.6 Å². The predicted octanol–water partition coefficient (Wildman–Crippen LogP) is 2.77. The van der Waals surface area contributed by atoms with Crippen LogP contribution in [0.25, 0.3) is 0 Å². The summed E-state index contributed by atoms with van der Waals surface area (Å²) in [4.78, 5) is 13.0. The zero-order valence-corrected chi connectivity index (χ0v) is 15.0. The van der Waals surface area contributed by atoms with Crippen LogP contribution in [-0.2, 0) is 9.53 Å². The number of likely N-dealkylation sites (tertiary alicyclic amines) is 1. The molecule has 0 radical (unpaired) electrons. The van der Waals surface area contributed by atoms with Crippen LogP contribution in [-0.4, -0.2) is 45.2 Å². The Hall–Kier alpha value is -1.05. The molecule has 1 unspecified atom stereocenters. The van der Waals surface area contributed by atoms with Crippen molar-refractivity contribution in [3.63, 3.8) is 0 Å². The molecule has 1 fully saturated rings.